The van der Waals surface area contributed by atoms with Gasteiger partial charge >= 0.3 is 6.03 Å². The van der Waals surface area contributed by atoms with Gasteiger partial charge in [-0.2, -0.15) is 0 Å². The summed E-state index contributed by atoms with van der Waals surface area (Å²) in [5, 5.41) is 2.19. The molecule has 1 fully saturated rings. The summed E-state index contributed by atoms with van der Waals surface area (Å²) >= 11 is 0. The molecule has 7 heteroatoms. The lowest BCUT2D eigenvalue weighted by Crippen LogP contribution is -2.45. The summed E-state index contributed by atoms with van der Waals surface area (Å²) in [6, 6.07) is 2.60. The van der Waals surface area contributed by atoms with E-state index < -0.39 is 54.1 Å². The van der Waals surface area contributed by atoms with E-state index in [0.717, 1.165) is 12.1 Å². The zero-order valence-electron chi connectivity index (χ0n) is 17.8. The fourth-order valence-electron chi connectivity index (χ4n) is 1.85. The van der Waals surface area contributed by atoms with Gasteiger partial charge in [-0.15, -0.1) is 0 Å². The van der Waals surface area contributed by atoms with Crippen LogP contribution >= 0.6 is 0 Å². The Balaban J connectivity index is 2.10. The summed E-state index contributed by atoms with van der Waals surface area (Å²) in [5.74, 6) is -0.254. The van der Waals surface area contributed by atoms with Gasteiger partial charge in [-0.3, -0.25) is 4.79 Å². The fourth-order valence-corrected chi connectivity index (χ4v) is 2.77. The molecule has 0 radical (unpaired) electrons. The molecular formula is C15H20N2O4S. The Morgan fingerprint density at radius 2 is 1.73 bits per heavy atom. The van der Waals surface area contributed by atoms with Crippen LogP contribution in [0.15, 0.2) is 29.2 Å². The molecule has 120 valence electrons. The molecule has 0 saturated heterocycles. The van der Waals surface area contributed by atoms with Crippen LogP contribution in [0.2, 0.25) is 0 Å². The lowest BCUT2D eigenvalue weighted by molar-refractivity contribution is 0.101. The zero-order chi connectivity index (χ0) is 21.5. The van der Waals surface area contributed by atoms with Crippen LogP contribution in [0.25, 0.3) is 0 Å². The van der Waals surface area contributed by atoms with Crippen molar-refractivity contribution in [2.75, 3.05) is 0 Å². The highest BCUT2D eigenvalue weighted by molar-refractivity contribution is 7.90. The zero-order valence-corrected chi connectivity index (χ0v) is 12.7. The highest BCUT2D eigenvalue weighted by Crippen LogP contribution is 2.17. The van der Waals surface area contributed by atoms with E-state index in [-0.39, 0.29) is 10.7 Å². The Kier molecular flexibility index (Phi) is 3.14. The van der Waals surface area contributed by atoms with Crippen molar-refractivity contribution < 1.29 is 26.2 Å². The van der Waals surface area contributed by atoms with Crippen molar-refractivity contribution in [2.45, 2.75) is 49.8 Å². The number of Topliss-reactive ketones (excluding diaryl/α,β-unsaturated/α-hetero) is 1. The Hall–Kier alpha value is -1.89. The van der Waals surface area contributed by atoms with E-state index in [9.17, 15) is 18.0 Å². The highest BCUT2D eigenvalue weighted by Gasteiger charge is 2.21. The Bertz CT molecular complexity index is 866. The van der Waals surface area contributed by atoms with Gasteiger partial charge in [0.1, 0.15) is 0 Å². The maximum absolute atomic E-state index is 12.3. The van der Waals surface area contributed by atoms with E-state index in [4.69, 9.17) is 8.22 Å². The summed E-state index contributed by atoms with van der Waals surface area (Å²) in [5.41, 5.74) is 0.296. The van der Waals surface area contributed by atoms with E-state index in [1.54, 1.807) is 4.72 Å². The normalized spacial score (nSPS) is 27.0. The molecule has 0 spiro atoms. The van der Waals surface area contributed by atoms with Gasteiger partial charge in [0, 0.05) is 19.8 Å². The maximum Gasteiger partial charge on any atom is 0.328 e. The summed E-state index contributed by atoms with van der Waals surface area (Å²) in [4.78, 5) is 23.0. The number of benzene rings is 1. The average molecular weight is 330 g/mol. The van der Waals surface area contributed by atoms with Crippen LogP contribution in [0, 0.1) is 0 Å². The summed E-state index contributed by atoms with van der Waals surface area (Å²) < 4.78 is 72.7. The number of ketones is 1. The minimum Gasteiger partial charge on any atom is -0.335 e. The van der Waals surface area contributed by atoms with Crippen LogP contribution in [0.3, 0.4) is 0 Å². The molecule has 6 nitrogen and oxygen atoms in total. The third-order valence-corrected chi connectivity index (χ3v) is 4.35. The second-order valence-corrected chi connectivity index (χ2v) is 6.43. The summed E-state index contributed by atoms with van der Waals surface area (Å²) in [6.45, 7) is 1.32. The number of hydrogen-bond acceptors (Lipinski definition) is 4. The number of rotatable bonds is 4. The first-order valence-corrected chi connectivity index (χ1v) is 8.02. The molecule has 1 aromatic carbocycles. The van der Waals surface area contributed by atoms with Crippen molar-refractivity contribution in [1.82, 2.24) is 10.0 Å². The molecule has 0 bridgehead atoms. The molecule has 0 unspecified atom stereocenters. The molecule has 1 saturated carbocycles. The lowest BCUT2D eigenvalue weighted by Gasteiger charge is -2.22. The summed E-state index contributed by atoms with van der Waals surface area (Å²) in [7, 11) is -4.27. The minimum absolute atomic E-state index is 0.254. The molecule has 0 atom stereocenters. The third-order valence-electron chi connectivity index (χ3n) is 3.01. The van der Waals surface area contributed by atoms with Gasteiger partial charge in [-0.05, 0) is 31.9 Å². The van der Waals surface area contributed by atoms with E-state index in [2.05, 4.69) is 5.32 Å². The highest BCUT2D eigenvalue weighted by atomic mass is 32.2. The first-order chi connectivity index (χ1) is 12.6. The van der Waals surface area contributed by atoms with Gasteiger partial charge in [0.2, 0.25) is 0 Å². The van der Waals surface area contributed by atoms with Crippen molar-refractivity contribution in [1.29, 1.82) is 0 Å². The largest absolute Gasteiger partial charge is 0.335 e. The molecule has 1 aromatic rings. The van der Waals surface area contributed by atoms with Gasteiger partial charge in [0.15, 0.2) is 5.78 Å². The predicted octanol–water partition coefficient (Wildman–Crippen LogP) is 2.21. The average Bonchev–Trinajstić information content (AvgIpc) is 2.51. The Labute approximate surface area is 138 Å². The van der Waals surface area contributed by atoms with Crippen LogP contribution in [-0.4, -0.2) is 26.3 Å². The molecule has 1 aliphatic rings. The first kappa shape index (κ1) is 9.99. The van der Waals surface area contributed by atoms with E-state index in [0.29, 0.717) is 5.56 Å². The van der Waals surface area contributed by atoms with Crippen molar-refractivity contribution in [3.63, 3.8) is 0 Å². The van der Waals surface area contributed by atoms with Crippen molar-refractivity contribution >= 4 is 21.8 Å². The smallest absolute Gasteiger partial charge is 0.328 e. The number of carbonyl (C=O) groups is 2. The molecule has 0 heterocycles. The minimum atomic E-state index is -4.27. The number of nitrogens with one attached hydrogen (secondary N) is 2. The van der Waals surface area contributed by atoms with Crippen LogP contribution in [0.1, 0.15) is 57.5 Å². The Morgan fingerprint density at radius 1 is 1.14 bits per heavy atom. The molecule has 1 aliphatic carbocycles. The first-order valence-electron chi connectivity index (χ1n) is 9.53. The van der Waals surface area contributed by atoms with Crippen LogP contribution in [0.4, 0.5) is 4.79 Å². The van der Waals surface area contributed by atoms with E-state index in [1.165, 1.54) is 19.1 Å². The van der Waals surface area contributed by atoms with Crippen molar-refractivity contribution in [3.8, 4) is 0 Å². The van der Waals surface area contributed by atoms with Crippen molar-refractivity contribution in [2.24, 2.45) is 0 Å². The van der Waals surface area contributed by atoms with Gasteiger partial charge in [-0.1, -0.05) is 31.3 Å². The molecule has 2 amide bonds. The lowest BCUT2D eigenvalue weighted by atomic mass is 9.96. The second kappa shape index (κ2) is 6.91. The maximum atomic E-state index is 12.3. The number of carbonyl (C=O) groups excluding carboxylic acids is 2. The van der Waals surface area contributed by atoms with E-state index in [1.807, 2.05) is 0 Å². The molecular weight excluding hydrogens is 304 g/mol. The number of hydrogen-bond donors (Lipinski definition) is 2. The fraction of sp³-hybridized carbons (Fsp3) is 0.467. The predicted molar refractivity (Wildman–Crippen MR) is 82.2 cm³/mol. The number of urea groups is 1. The van der Waals surface area contributed by atoms with Gasteiger partial charge in [-0.25, -0.2) is 17.9 Å². The second-order valence-electron chi connectivity index (χ2n) is 4.74. The summed E-state index contributed by atoms with van der Waals surface area (Å²) in [6.07, 6.45) is -8.91. The molecule has 2 N–H and O–H groups in total. The van der Waals surface area contributed by atoms with E-state index >= 15 is 0 Å². The SMILES string of the molecule is [2H]C1([2H])CC(NC(=O)NS(=O)(=O)c2ccc(C(C)=O)cc2)CC([2H])([2H])C1([2H])[2H]. The standard InChI is InChI=1S/C15H20N2O4S/c1-11(18)12-7-9-14(10-8-12)22(20,21)17-15(19)16-13-5-3-2-4-6-13/h7-10,13H,2-6H2,1H3,(H2,16,17,19)/i2D2,3D2,4D2. The Morgan fingerprint density at radius 3 is 2.27 bits per heavy atom. The number of amides is 2. The third kappa shape index (κ3) is 4.30. The van der Waals surface area contributed by atoms with Crippen LogP contribution in [0.5, 0.6) is 0 Å². The molecule has 0 aliphatic heterocycles. The number of sulfonamides is 1. The van der Waals surface area contributed by atoms with Gasteiger partial charge in [0.25, 0.3) is 10.0 Å². The topological polar surface area (TPSA) is 92.3 Å². The van der Waals surface area contributed by atoms with Crippen LogP contribution < -0.4 is 10.0 Å². The monoisotopic (exact) mass is 330 g/mol. The van der Waals surface area contributed by atoms with Gasteiger partial charge < -0.3 is 5.32 Å². The quantitative estimate of drug-likeness (QED) is 0.828. The van der Waals surface area contributed by atoms with Crippen molar-refractivity contribution in [3.05, 3.63) is 29.8 Å². The molecule has 2 rings (SSSR count). The van der Waals surface area contributed by atoms with Crippen LogP contribution in [-0.2, 0) is 10.0 Å². The molecule has 22 heavy (non-hydrogen) atoms. The van der Waals surface area contributed by atoms with Gasteiger partial charge in [0.05, 0.1) is 4.90 Å². The molecule has 0 aromatic heterocycles.